The van der Waals surface area contributed by atoms with Crippen molar-refractivity contribution in [1.82, 2.24) is 10.2 Å². The zero-order chi connectivity index (χ0) is 26.6. The van der Waals surface area contributed by atoms with Gasteiger partial charge < -0.3 is 30.1 Å². The number of aliphatic hydroxyl groups excluding tert-OH is 1. The molecule has 1 aromatic carbocycles. The van der Waals surface area contributed by atoms with Crippen LogP contribution in [0.5, 0.6) is 5.75 Å². The number of hydrogen-bond acceptors (Lipinski definition) is 6. The molecule has 204 valence electrons. The highest BCUT2D eigenvalue weighted by Gasteiger charge is 2.78. The van der Waals surface area contributed by atoms with Crippen molar-refractivity contribution in [2.24, 2.45) is 11.8 Å². The van der Waals surface area contributed by atoms with Crippen molar-refractivity contribution in [3.05, 3.63) is 24.3 Å². The van der Waals surface area contributed by atoms with Crippen molar-refractivity contribution >= 4 is 23.4 Å². The predicted octanol–water partition coefficient (Wildman–Crippen LogP) is 2.87. The molecule has 3 fully saturated rings. The molecule has 9 heteroatoms. The Kier molecular flexibility index (Phi) is 8.43. The predicted molar refractivity (Wildman–Crippen MR) is 139 cm³/mol. The highest BCUT2D eigenvalue weighted by Crippen LogP contribution is 2.64. The molecule has 2 bridgehead atoms. The maximum absolute atomic E-state index is 14.0. The summed E-state index contributed by atoms with van der Waals surface area (Å²) in [5.41, 5.74) is -1.19. The van der Waals surface area contributed by atoms with Crippen LogP contribution in [0.3, 0.4) is 0 Å². The first-order valence-electron chi connectivity index (χ1n) is 13.8. The number of amides is 3. The molecule has 37 heavy (non-hydrogen) atoms. The van der Waals surface area contributed by atoms with E-state index in [4.69, 9.17) is 9.47 Å². The van der Waals surface area contributed by atoms with E-state index in [-0.39, 0.29) is 24.3 Å². The van der Waals surface area contributed by atoms with Crippen LogP contribution >= 0.6 is 0 Å². The number of fused-ring (bicyclic) bond motifs is 1. The fourth-order valence-corrected chi connectivity index (χ4v) is 6.56. The smallest absolute Gasteiger partial charge is 0.245 e. The summed E-state index contributed by atoms with van der Waals surface area (Å²) in [5.74, 6) is -1.37. The zero-order valence-corrected chi connectivity index (χ0v) is 22.3. The maximum Gasteiger partial charge on any atom is 0.245 e. The fraction of sp³-hybridized carbons (Fsp3) is 0.679. The number of carbonyl (C=O) groups is 3. The van der Waals surface area contributed by atoms with Crippen LogP contribution in [-0.4, -0.2) is 71.3 Å². The molecule has 0 aliphatic carbocycles. The lowest BCUT2D eigenvalue weighted by Gasteiger charge is -2.34. The Morgan fingerprint density at radius 3 is 2.51 bits per heavy atom. The van der Waals surface area contributed by atoms with Gasteiger partial charge in [-0.05, 0) is 69.7 Å². The molecule has 3 N–H and O–H groups in total. The minimum Gasteiger partial charge on any atom is -0.494 e. The summed E-state index contributed by atoms with van der Waals surface area (Å²) >= 11 is 0. The topological polar surface area (TPSA) is 117 Å². The lowest BCUT2D eigenvalue weighted by atomic mass is 9.65. The van der Waals surface area contributed by atoms with E-state index in [0.29, 0.717) is 63.2 Å². The molecule has 3 saturated heterocycles. The van der Waals surface area contributed by atoms with Gasteiger partial charge in [0.2, 0.25) is 17.7 Å². The van der Waals surface area contributed by atoms with Gasteiger partial charge in [0.15, 0.2) is 0 Å². The highest BCUT2D eigenvalue weighted by atomic mass is 16.5. The highest BCUT2D eigenvalue weighted by molar-refractivity contribution is 6.02. The maximum atomic E-state index is 14.0. The molecule has 0 saturated carbocycles. The Hall–Kier alpha value is -2.65. The van der Waals surface area contributed by atoms with Crippen molar-refractivity contribution in [2.75, 3.05) is 31.6 Å². The second-order valence-corrected chi connectivity index (χ2v) is 10.4. The Balaban J connectivity index is 1.64. The zero-order valence-electron chi connectivity index (χ0n) is 22.3. The van der Waals surface area contributed by atoms with Crippen molar-refractivity contribution in [1.29, 1.82) is 0 Å². The van der Waals surface area contributed by atoms with Crippen LogP contribution in [-0.2, 0) is 19.1 Å². The Morgan fingerprint density at radius 1 is 1.11 bits per heavy atom. The molecular weight excluding hydrogens is 474 g/mol. The summed E-state index contributed by atoms with van der Waals surface area (Å²) in [6, 6.07) is 6.39. The van der Waals surface area contributed by atoms with Crippen LogP contribution in [0.4, 0.5) is 5.69 Å². The second-order valence-electron chi connectivity index (χ2n) is 10.4. The van der Waals surface area contributed by atoms with Gasteiger partial charge in [-0.25, -0.2) is 0 Å². The number of likely N-dealkylation sites (tertiary alicyclic amines) is 1. The van der Waals surface area contributed by atoms with Gasteiger partial charge in [0.05, 0.1) is 24.0 Å². The first kappa shape index (κ1) is 27.4. The number of nitrogens with one attached hydrogen (secondary N) is 2. The number of ether oxygens (including phenoxy) is 2. The third-order valence-electron chi connectivity index (χ3n) is 8.28. The Bertz CT molecular complexity index is 985. The normalized spacial score (nSPS) is 29.9. The average molecular weight is 516 g/mol. The monoisotopic (exact) mass is 515 g/mol. The minimum atomic E-state index is -1.02. The molecule has 2 unspecified atom stereocenters. The lowest BCUT2D eigenvalue weighted by molar-refractivity contribution is -0.146. The van der Waals surface area contributed by atoms with Gasteiger partial charge in [-0.1, -0.05) is 20.3 Å². The molecule has 4 rings (SSSR count). The molecular formula is C28H41N3O6. The molecule has 3 aliphatic rings. The summed E-state index contributed by atoms with van der Waals surface area (Å²) in [7, 11) is 0. The number of nitrogens with zero attached hydrogens (tertiary/aromatic N) is 1. The van der Waals surface area contributed by atoms with Gasteiger partial charge in [-0.3, -0.25) is 14.4 Å². The van der Waals surface area contributed by atoms with Gasteiger partial charge in [-0.15, -0.1) is 0 Å². The van der Waals surface area contributed by atoms with E-state index in [2.05, 4.69) is 17.6 Å². The number of aliphatic hydroxyl groups is 1. The van der Waals surface area contributed by atoms with Gasteiger partial charge in [0, 0.05) is 25.4 Å². The molecule has 3 heterocycles. The van der Waals surface area contributed by atoms with Crippen molar-refractivity contribution in [2.45, 2.75) is 83.0 Å². The van der Waals surface area contributed by atoms with Gasteiger partial charge in [-0.2, -0.15) is 0 Å². The van der Waals surface area contributed by atoms with Crippen molar-refractivity contribution in [3.8, 4) is 5.75 Å². The average Bonchev–Trinajstić information content (AvgIpc) is 3.49. The molecule has 3 amide bonds. The van der Waals surface area contributed by atoms with Crippen LogP contribution in [0.25, 0.3) is 0 Å². The van der Waals surface area contributed by atoms with Crippen LogP contribution in [0, 0.1) is 11.8 Å². The van der Waals surface area contributed by atoms with E-state index in [1.54, 1.807) is 29.2 Å². The molecule has 1 aromatic rings. The molecule has 1 spiro atoms. The summed E-state index contributed by atoms with van der Waals surface area (Å²) in [6.45, 7) is 7.40. The quantitative estimate of drug-likeness (QED) is 0.348. The number of benzene rings is 1. The van der Waals surface area contributed by atoms with E-state index in [1.807, 2.05) is 13.8 Å². The molecule has 5 atom stereocenters. The summed E-state index contributed by atoms with van der Waals surface area (Å²) in [4.78, 5) is 42.9. The first-order valence-corrected chi connectivity index (χ1v) is 13.8. The van der Waals surface area contributed by atoms with Crippen LogP contribution in [0.1, 0.15) is 65.7 Å². The number of anilines is 1. The van der Waals surface area contributed by atoms with Crippen LogP contribution in [0.15, 0.2) is 24.3 Å². The Morgan fingerprint density at radius 2 is 1.86 bits per heavy atom. The largest absolute Gasteiger partial charge is 0.494 e. The number of rotatable bonds is 13. The summed E-state index contributed by atoms with van der Waals surface area (Å²) in [5, 5.41) is 15.3. The van der Waals surface area contributed by atoms with E-state index in [1.165, 1.54) is 0 Å². The number of hydrogen-bond donors (Lipinski definition) is 3. The standard InChI is InChI=1S/C28H41N3O6/c1-4-7-16-29-25(34)23-28-15-14-27(5-2,37-28)21(22(28)26(35)31(23)17-8-9-18-32)24(33)30-19-10-12-20(13-11-19)36-6-3/h10-13,21-23,32H,4-9,14-18H2,1-3H3,(H,29,34)(H,30,33)/t21-,22+,23?,27+,28?/m1/s1. The molecule has 0 aromatic heterocycles. The fourth-order valence-electron chi connectivity index (χ4n) is 6.56. The van der Waals surface area contributed by atoms with Gasteiger partial charge in [0.1, 0.15) is 17.4 Å². The van der Waals surface area contributed by atoms with E-state index in [0.717, 1.165) is 12.8 Å². The first-order chi connectivity index (χ1) is 17.9. The number of carbonyl (C=O) groups excluding carboxylic acids is 3. The van der Waals surface area contributed by atoms with Crippen molar-refractivity contribution < 1.29 is 29.0 Å². The van der Waals surface area contributed by atoms with E-state index >= 15 is 0 Å². The van der Waals surface area contributed by atoms with Crippen LogP contribution in [0.2, 0.25) is 0 Å². The lowest BCUT2D eigenvalue weighted by Crippen LogP contribution is -2.55. The van der Waals surface area contributed by atoms with Crippen LogP contribution < -0.4 is 15.4 Å². The summed E-state index contributed by atoms with van der Waals surface area (Å²) < 4.78 is 12.2. The van der Waals surface area contributed by atoms with Gasteiger partial charge >= 0.3 is 0 Å². The van der Waals surface area contributed by atoms with E-state index in [9.17, 15) is 19.5 Å². The summed E-state index contributed by atoms with van der Waals surface area (Å²) in [6.07, 6.45) is 4.67. The third kappa shape index (κ3) is 4.83. The second kappa shape index (κ2) is 11.4. The third-order valence-corrected chi connectivity index (χ3v) is 8.28. The molecule has 9 nitrogen and oxygen atoms in total. The van der Waals surface area contributed by atoms with Gasteiger partial charge in [0.25, 0.3) is 0 Å². The SMILES string of the molecule is CCCCNC(=O)C1N(CCCCO)C(=O)[C@@H]2[C@H](C(=O)Nc3ccc(OCC)cc3)[C@]3(CC)CCC12O3. The van der Waals surface area contributed by atoms with Crippen molar-refractivity contribution in [3.63, 3.8) is 0 Å². The van der Waals surface area contributed by atoms with E-state index < -0.39 is 29.1 Å². The number of unbranched alkanes of at least 4 members (excludes halogenated alkanes) is 2. The minimum absolute atomic E-state index is 0.0204. The molecule has 0 radical (unpaired) electrons. The Labute approximate surface area is 219 Å². The molecule has 3 aliphatic heterocycles.